The van der Waals surface area contributed by atoms with Gasteiger partial charge in [-0.2, -0.15) is 18.3 Å². The van der Waals surface area contributed by atoms with E-state index < -0.39 is 11.9 Å². The Kier molecular flexibility index (Phi) is 5.76. The van der Waals surface area contributed by atoms with E-state index in [2.05, 4.69) is 20.8 Å². The number of halogens is 4. The molecule has 1 amide bonds. The summed E-state index contributed by atoms with van der Waals surface area (Å²) in [6.07, 6.45) is 0.0213. The summed E-state index contributed by atoms with van der Waals surface area (Å²) in [6.45, 7) is 1.07. The second kappa shape index (κ2) is 8.35. The average molecular weight is 453 g/mol. The van der Waals surface area contributed by atoms with Crippen LogP contribution < -0.4 is 10.7 Å². The van der Waals surface area contributed by atoms with Crippen LogP contribution in [0.3, 0.4) is 0 Å². The number of hydrogen-bond acceptors (Lipinski definition) is 5. The Labute approximate surface area is 181 Å². The zero-order valence-electron chi connectivity index (χ0n) is 16.6. The number of nitrogens with one attached hydrogen (secondary N) is 2. The lowest BCUT2D eigenvalue weighted by Crippen LogP contribution is -2.51. The molecule has 3 aromatic rings. The van der Waals surface area contributed by atoms with E-state index in [0.717, 1.165) is 18.9 Å². The molecular formula is C20H20ClF3N6O. The summed E-state index contributed by atoms with van der Waals surface area (Å²) in [5.74, 6) is -0.283. The van der Waals surface area contributed by atoms with Gasteiger partial charge in [-0.1, -0.05) is 11.6 Å². The van der Waals surface area contributed by atoms with Gasteiger partial charge in [0.25, 0.3) is 5.91 Å². The lowest BCUT2D eigenvalue weighted by Gasteiger charge is -2.33. The van der Waals surface area contributed by atoms with Crippen molar-refractivity contribution >= 4 is 34.1 Å². The number of aromatic nitrogens is 3. The van der Waals surface area contributed by atoms with Crippen LogP contribution in [0.15, 0.2) is 36.7 Å². The summed E-state index contributed by atoms with van der Waals surface area (Å²) in [5.41, 5.74) is 2.81. The fraction of sp³-hybridized carbons (Fsp3) is 0.350. The summed E-state index contributed by atoms with van der Waals surface area (Å²) in [4.78, 5) is 16.1. The van der Waals surface area contributed by atoms with Gasteiger partial charge in [-0.25, -0.2) is 9.99 Å². The summed E-state index contributed by atoms with van der Waals surface area (Å²) >= 11 is 6.06. The molecule has 4 rings (SSSR count). The normalized spacial score (nSPS) is 17.6. The molecule has 1 aliphatic heterocycles. The SMILES string of the molecule is Cn1cc(C(=O)NN2CCCC(Nc3cc(C(F)(F)F)nc4ccc(Cl)cc34)C2)cn1. The van der Waals surface area contributed by atoms with Crippen LogP contribution in [-0.4, -0.2) is 44.8 Å². The predicted octanol–water partition coefficient (Wildman–Crippen LogP) is 3.86. The smallest absolute Gasteiger partial charge is 0.380 e. The molecule has 11 heteroatoms. The minimum absolute atomic E-state index is 0.173. The number of nitrogens with zero attached hydrogens (tertiary/aromatic N) is 4. The highest BCUT2D eigenvalue weighted by Gasteiger charge is 2.34. The molecule has 1 aromatic carbocycles. The molecule has 1 saturated heterocycles. The van der Waals surface area contributed by atoms with Gasteiger partial charge in [-0.05, 0) is 37.1 Å². The minimum atomic E-state index is -4.57. The number of rotatable bonds is 4. The van der Waals surface area contributed by atoms with Crippen LogP contribution in [0.2, 0.25) is 5.02 Å². The van der Waals surface area contributed by atoms with E-state index in [9.17, 15) is 18.0 Å². The van der Waals surface area contributed by atoms with Crippen molar-refractivity contribution < 1.29 is 18.0 Å². The van der Waals surface area contributed by atoms with Crippen molar-refractivity contribution in [2.24, 2.45) is 7.05 Å². The first-order valence-corrected chi connectivity index (χ1v) is 10.1. The molecule has 1 atom stereocenters. The first-order chi connectivity index (χ1) is 14.7. The molecule has 1 aliphatic rings. The van der Waals surface area contributed by atoms with Crippen LogP contribution in [0.1, 0.15) is 28.9 Å². The van der Waals surface area contributed by atoms with E-state index in [1.807, 2.05) is 0 Å². The van der Waals surface area contributed by atoms with Gasteiger partial charge in [0.05, 0.1) is 17.3 Å². The van der Waals surface area contributed by atoms with Crippen LogP contribution in [0, 0.1) is 0 Å². The number of benzene rings is 1. The second-order valence-corrected chi connectivity index (χ2v) is 7.92. The van der Waals surface area contributed by atoms with Crippen LogP contribution in [0.25, 0.3) is 10.9 Å². The van der Waals surface area contributed by atoms with Crippen molar-refractivity contribution in [3.05, 3.63) is 52.9 Å². The van der Waals surface area contributed by atoms with Gasteiger partial charge >= 0.3 is 6.18 Å². The summed E-state index contributed by atoms with van der Waals surface area (Å²) in [5, 5.41) is 9.87. The lowest BCUT2D eigenvalue weighted by atomic mass is 10.1. The quantitative estimate of drug-likeness (QED) is 0.628. The number of pyridine rings is 1. The monoisotopic (exact) mass is 452 g/mol. The highest BCUT2D eigenvalue weighted by Crippen LogP contribution is 2.34. The van der Waals surface area contributed by atoms with Crippen LogP contribution in [0.5, 0.6) is 0 Å². The number of fused-ring (bicyclic) bond motifs is 1. The Morgan fingerprint density at radius 1 is 1.29 bits per heavy atom. The van der Waals surface area contributed by atoms with Gasteiger partial charge in [0, 0.05) is 48.5 Å². The number of carbonyl (C=O) groups is 1. The van der Waals surface area contributed by atoms with Crippen molar-refractivity contribution in [2.45, 2.75) is 25.1 Å². The zero-order valence-corrected chi connectivity index (χ0v) is 17.3. The molecule has 0 bridgehead atoms. The lowest BCUT2D eigenvalue weighted by molar-refractivity contribution is -0.140. The van der Waals surface area contributed by atoms with Crippen LogP contribution >= 0.6 is 11.6 Å². The molecule has 7 nitrogen and oxygen atoms in total. The second-order valence-electron chi connectivity index (χ2n) is 7.49. The van der Waals surface area contributed by atoms with E-state index in [1.54, 1.807) is 24.3 Å². The largest absolute Gasteiger partial charge is 0.433 e. The maximum Gasteiger partial charge on any atom is 0.433 e. The molecule has 0 aliphatic carbocycles. The molecule has 2 aromatic heterocycles. The number of amides is 1. The molecule has 0 radical (unpaired) electrons. The highest BCUT2D eigenvalue weighted by atomic mass is 35.5. The number of hydrazine groups is 1. The number of piperidine rings is 1. The zero-order chi connectivity index (χ0) is 22.2. The molecule has 1 fully saturated rings. The Balaban J connectivity index is 1.54. The van der Waals surface area contributed by atoms with Crippen molar-refractivity contribution in [3.8, 4) is 0 Å². The van der Waals surface area contributed by atoms with Gasteiger partial charge in [0.15, 0.2) is 0 Å². The van der Waals surface area contributed by atoms with Gasteiger partial charge in [0.1, 0.15) is 5.69 Å². The maximum atomic E-state index is 13.3. The van der Waals surface area contributed by atoms with Crippen molar-refractivity contribution in [3.63, 3.8) is 0 Å². The van der Waals surface area contributed by atoms with Crippen molar-refractivity contribution in [1.82, 2.24) is 25.2 Å². The number of carbonyl (C=O) groups excluding carboxylic acids is 1. The Morgan fingerprint density at radius 3 is 2.81 bits per heavy atom. The van der Waals surface area contributed by atoms with Gasteiger partial charge < -0.3 is 5.32 Å². The molecule has 31 heavy (non-hydrogen) atoms. The summed E-state index contributed by atoms with van der Waals surface area (Å²) < 4.78 is 41.6. The van der Waals surface area contributed by atoms with Crippen molar-refractivity contribution in [2.75, 3.05) is 18.4 Å². The van der Waals surface area contributed by atoms with E-state index in [1.165, 1.54) is 23.0 Å². The number of anilines is 1. The number of hydrogen-bond donors (Lipinski definition) is 2. The first kappa shape index (κ1) is 21.4. The Hall–Kier alpha value is -2.85. The van der Waals surface area contributed by atoms with Gasteiger partial charge in [-0.15, -0.1) is 0 Å². The first-order valence-electron chi connectivity index (χ1n) is 9.67. The van der Waals surface area contributed by atoms with E-state index >= 15 is 0 Å². The molecule has 1 unspecified atom stereocenters. The number of alkyl halides is 3. The van der Waals surface area contributed by atoms with Crippen LogP contribution in [-0.2, 0) is 13.2 Å². The van der Waals surface area contributed by atoms with E-state index in [0.29, 0.717) is 34.7 Å². The highest BCUT2D eigenvalue weighted by molar-refractivity contribution is 6.31. The Morgan fingerprint density at radius 2 is 2.10 bits per heavy atom. The van der Waals surface area contributed by atoms with Gasteiger partial charge in [-0.3, -0.25) is 14.9 Å². The number of aryl methyl sites for hydroxylation is 1. The molecular weight excluding hydrogens is 433 g/mol. The molecule has 2 N–H and O–H groups in total. The van der Waals surface area contributed by atoms with E-state index in [-0.39, 0.29) is 17.5 Å². The van der Waals surface area contributed by atoms with Crippen LogP contribution in [0.4, 0.5) is 18.9 Å². The summed E-state index contributed by atoms with van der Waals surface area (Å²) in [7, 11) is 1.72. The van der Waals surface area contributed by atoms with Gasteiger partial charge in [0.2, 0.25) is 0 Å². The fourth-order valence-electron chi connectivity index (χ4n) is 3.63. The molecule has 0 saturated carbocycles. The third kappa shape index (κ3) is 4.91. The third-order valence-electron chi connectivity index (χ3n) is 5.07. The maximum absolute atomic E-state index is 13.3. The summed E-state index contributed by atoms with van der Waals surface area (Å²) in [6, 6.07) is 5.41. The molecule has 0 spiro atoms. The van der Waals surface area contributed by atoms with E-state index in [4.69, 9.17) is 11.6 Å². The Bertz CT molecular complexity index is 1120. The average Bonchev–Trinajstić information content (AvgIpc) is 3.14. The minimum Gasteiger partial charge on any atom is -0.380 e. The standard InChI is InChI=1S/C20H20ClF3N6O/c1-29-10-12(9-25-29)19(31)28-30-6-2-3-14(11-30)26-17-8-18(20(22,23)24)27-16-5-4-13(21)7-15(16)17/h4-5,7-10,14H,2-3,6,11H2,1H3,(H,26,27)(H,28,31). The third-order valence-corrected chi connectivity index (χ3v) is 5.30. The topological polar surface area (TPSA) is 75.1 Å². The molecule has 164 valence electrons. The fourth-order valence-corrected chi connectivity index (χ4v) is 3.80. The molecule has 3 heterocycles. The van der Waals surface area contributed by atoms with Crippen molar-refractivity contribution in [1.29, 1.82) is 0 Å². The predicted molar refractivity (Wildman–Crippen MR) is 111 cm³/mol.